The zero-order chi connectivity index (χ0) is 16.7. The summed E-state index contributed by atoms with van der Waals surface area (Å²) >= 11 is 3.41. The van der Waals surface area contributed by atoms with Gasteiger partial charge in [-0.2, -0.15) is 0 Å². The zero-order valence-corrected chi connectivity index (χ0v) is 14.6. The Morgan fingerprint density at radius 1 is 1.22 bits per heavy atom. The molecule has 120 valence electrons. The van der Waals surface area contributed by atoms with Gasteiger partial charge in [0.25, 0.3) is 0 Å². The van der Waals surface area contributed by atoms with Crippen molar-refractivity contribution in [2.24, 2.45) is 0 Å². The van der Waals surface area contributed by atoms with Crippen LogP contribution >= 0.6 is 15.9 Å². The fraction of sp³-hybridized carbons (Fsp3) is 0.211. The monoisotopic (exact) mass is 373 g/mol. The lowest BCUT2D eigenvalue weighted by atomic mass is 9.91. The second kappa shape index (κ2) is 8.53. The van der Waals surface area contributed by atoms with Crippen molar-refractivity contribution in [2.45, 2.75) is 18.9 Å². The number of rotatable bonds is 7. The zero-order valence-electron chi connectivity index (χ0n) is 13.0. The molecule has 0 aliphatic carbocycles. The van der Waals surface area contributed by atoms with Crippen LogP contribution < -0.4 is 5.32 Å². The molecular weight excluding hydrogens is 354 g/mol. The maximum absolute atomic E-state index is 12.4. The summed E-state index contributed by atoms with van der Waals surface area (Å²) in [5, 5.41) is 3.27. The van der Waals surface area contributed by atoms with Gasteiger partial charge < -0.3 is 10.1 Å². The fourth-order valence-corrected chi connectivity index (χ4v) is 2.66. The third kappa shape index (κ3) is 4.70. The first-order chi connectivity index (χ1) is 11.2. The van der Waals surface area contributed by atoms with E-state index >= 15 is 0 Å². The molecule has 0 fully saturated rings. The van der Waals surface area contributed by atoms with E-state index in [-0.39, 0.29) is 11.9 Å². The average Bonchev–Trinajstić information content (AvgIpc) is 2.57. The quantitative estimate of drug-likeness (QED) is 0.561. The summed E-state index contributed by atoms with van der Waals surface area (Å²) in [5.74, 6) is -0.469. The van der Waals surface area contributed by atoms with E-state index in [0.717, 1.165) is 15.7 Å². The van der Waals surface area contributed by atoms with Crippen LogP contribution in [0.15, 0.2) is 71.7 Å². The Bertz CT molecular complexity index is 640. The number of halogens is 1. The minimum absolute atomic E-state index is 0.182. The van der Waals surface area contributed by atoms with Crippen LogP contribution in [0.2, 0.25) is 0 Å². The summed E-state index contributed by atoms with van der Waals surface area (Å²) in [5.41, 5.74) is 1.87. The molecule has 3 nitrogen and oxygen atoms in total. The van der Waals surface area contributed by atoms with Gasteiger partial charge in [0.05, 0.1) is 6.61 Å². The highest BCUT2D eigenvalue weighted by molar-refractivity contribution is 9.10. The summed E-state index contributed by atoms with van der Waals surface area (Å²) in [6.45, 7) is 6.05. The van der Waals surface area contributed by atoms with Gasteiger partial charge >= 0.3 is 5.97 Å². The van der Waals surface area contributed by atoms with Gasteiger partial charge in [0.15, 0.2) is 0 Å². The Labute approximate surface area is 145 Å². The van der Waals surface area contributed by atoms with Crippen LogP contribution in [0.4, 0.5) is 5.69 Å². The van der Waals surface area contributed by atoms with Gasteiger partial charge in [0, 0.05) is 16.1 Å². The number of ether oxygens (including phenoxy) is 1. The Morgan fingerprint density at radius 2 is 1.87 bits per heavy atom. The molecule has 0 aliphatic heterocycles. The first-order valence-corrected chi connectivity index (χ1v) is 8.31. The number of hydrogen-bond donors (Lipinski definition) is 1. The number of esters is 1. The van der Waals surface area contributed by atoms with E-state index in [1.165, 1.54) is 0 Å². The molecule has 23 heavy (non-hydrogen) atoms. The van der Waals surface area contributed by atoms with Crippen molar-refractivity contribution in [3.63, 3.8) is 0 Å². The van der Waals surface area contributed by atoms with Crippen LogP contribution in [-0.2, 0) is 9.53 Å². The summed E-state index contributed by atoms with van der Waals surface area (Å²) in [6.07, 6.45) is 1.78. The molecule has 0 aromatic heterocycles. The van der Waals surface area contributed by atoms with E-state index in [0.29, 0.717) is 6.61 Å². The van der Waals surface area contributed by atoms with Gasteiger partial charge in [0.2, 0.25) is 0 Å². The highest BCUT2D eigenvalue weighted by Gasteiger charge is 2.28. The van der Waals surface area contributed by atoms with Crippen LogP contribution in [0.5, 0.6) is 0 Å². The summed E-state index contributed by atoms with van der Waals surface area (Å²) in [4.78, 5) is 12.4. The molecule has 0 spiro atoms. The van der Waals surface area contributed by atoms with E-state index in [4.69, 9.17) is 4.74 Å². The largest absolute Gasteiger partial charge is 0.464 e. The third-order valence-corrected chi connectivity index (χ3v) is 4.03. The Kier molecular flexibility index (Phi) is 6.41. The first kappa shape index (κ1) is 17.3. The van der Waals surface area contributed by atoms with Crippen molar-refractivity contribution in [1.29, 1.82) is 0 Å². The summed E-state index contributed by atoms with van der Waals surface area (Å²) < 4.78 is 6.23. The molecule has 4 heteroatoms. The average molecular weight is 374 g/mol. The van der Waals surface area contributed by atoms with Crippen molar-refractivity contribution >= 4 is 27.6 Å². The smallest absolute Gasteiger partial charge is 0.329 e. The minimum Gasteiger partial charge on any atom is -0.464 e. The number of anilines is 1. The molecule has 0 saturated carbocycles. The summed E-state index contributed by atoms with van der Waals surface area (Å²) in [7, 11) is 0. The second-order valence-electron chi connectivity index (χ2n) is 5.05. The van der Waals surface area contributed by atoms with Gasteiger partial charge in [-0.1, -0.05) is 52.3 Å². The van der Waals surface area contributed by atoms with Gasteiger partial charge in [-0.05, 0) is 36.8 Å². The number of nitrogens with one attached hydrogen (secondary N) is 1. The van der Waals surface area contributed by atoms with Gasteiger partial charge in [-0.3, -0.25) is 0 Å². The van der Waals surface area contributed by atoms with Gasteiger partial charge in [-0.25, -0.2) is 4.79 Å². The van der Waals surface area contributed by atoms with E-state index in [1.807, 2.05) is 54.6 Å². The standard InChI is InChI=1S/C19H20BrNO2/c1-3-17(14-8-6-5-7-9-14)18(19(22)23-4-2)21-16-12-10-15(20)11-13-16/h3,5-13,17-18,21H,1,4H2,2H3/t17-,18-/m1/s1. The molecule has 0 heterocycles. The SMILES string of the molecule is C=C[C@H](c1ccccc1)[C@@H](Nc1ccc(Br)cc1)C(=O)OCC. The van der Waals surface area contributed by atoms with Crippen molar-refractivity contribution in [1.82, 2.24) is 0 Å². The maximum atomic E-state index is 12.4. The number of carbonyl (C=O) groups excluding carboxylic acids is 1. The lowest BCUT2D eigenvalue weighted by Gasteiger charge is -2.25. The van der Waals surface area contributed by atoms with E-state index in [9.17, 15) is 4.79 Å². The van der Waals surface area contributed by atoms with E-state index in [1.54, 1.807) is 13.0 Å². The normalized spacial score (nSPS) is 13.0. The van der Waals surface area contributed by atoms with Crippen molar-refractivity contribution in [2.75, 3.05) is 11.9 Å². The molecule has 0 aliphatic rings. The molecule has 0 radical (unpaired) electrons. The number of hydrogen-bond acceptors (Lipinski definition) is 3. The first-order valence-electron chi connectivity index (χ1n) is 7.52. The fourth-order valence-electron chi connectivity index (χ4n) is 2.39. The van der Waals surface area contributed by atoms with E-state index < -0.39 is 6.04 Å². The summed E-state index contributed by atoms with van der Waals surface area (Å²) in [6, 6.07) is 17.0. The van der Waals surface area contributed by atoms with Crippen molar-refractivity contribution in [3.05, 3.63) is 77.3 Å². The third-order valence-electron chi connectivity index (χ3n) is 3.50. The number of carbonyl (C=O) groups is 1. The molecule has 0 unspecified atom stereocenters. The highest BCUT2D eigenvalue weighted by Crippen LogP contribution is 2.25. The second-order valence-corrected chi connectivity index (χ2v) is 5.97. The molecule has 2 rings (SSSR count). The van der Waals surface area contributed by atoms with Gasteiger partial charge in [0.1, 0.15) is 6.04 Å². The Morgan fingerprint density at radius 3 is 2.43 bits per heavy atom. The van der Waals surface area contributed by atoms with Gasteiger partial charge in [-0.15, -0.1) is 6.58 Å². The lowest BCUT2D eigenvalue weighted by Crippen LogP contribution is -2.36. The Balaban J connectivity index is 2.30. The Hall–Kier alpha value is -2.07. The molecule has 1 N–H and O–H groups in total. The van der Waals surface area contributed by atoms with Crippen LogP contribution in [0.25, 0.3) is 0 Å². The lowest BCUT2D eigenvalue weighted by molar-refractivity contribution is -0.144. The molecule has 0 bridgehead atoms. The molecule has 2 aromatic rings. The molecule has 0 saturated heterocycles. The predicted molar refractivity (Wildman–Crippen MR) is 97.6 cm³/mol. The van der Waals surface area contributed by atoms with Crippen LogP contribution in [0, 0.1) is 0 Å². The molecule has 2 aromatic carbocycles. The van der Waals surface area contributed by atoms with Crippen LogP contribution in [-0.4, -0.2) is 18.6 Å². The van der Waals surface area contributed by atoms with Crippen molar-refractivity contribution in [3.8, 4) is 0 Å². The molecule has 2 atom stereocenters. The molecular formula is C19H20BrNO2. The maximum Gasteiger partial charge on any atom is 0.329 e. The van der Waals surface area contributed by atoms with Crippen molar-refractivity contribution < 1.29 is 9.53 Å². The van der Waals surface area contributed by atoms with E-state index in [2.05, 4.69) is 27.8 Å². The van der Waals surface area contributed by atoms with Crippen LogP contribution in [0.1, 0.15) is 18.4 Å². The van der Waals surface area contributed by atoms with Crippen LogP contribution in [0.3, 0.4) is 0 Å². The minimum atomic E-state index is -0.531. The molecule has 0 amide bonds. The predicted octanol–water partition coefficient (Wildman–Crippen LogP) is 4.76. The topological polar surface area (TPSA) is 38.3 Å². The highest BCUT2D eigenvalue weighted by atomic mass is 79.9. The number of benzene rings is 2.